The summed E-state index contributed by atoms with van der Waals surface area (Å²) < 4.78 is 23.6. The lowest BCUT2D eigenvalue weighted by molar-refractivity contribution is 0.101. The highest BCUT2D eigenvalue weighted by molar-refractivity contribution is 7.56. The summed E-state index contributed by atoms with van der Waals surface area (Å²) in [5, 5.41) is 11.4. The lowest BCUT2D eigenvalue weighted by atomic mass is 10.1. The minimum Gasteiger partial charge on any atom is -0.504 e. The molecule has 0 bridgehead atoms. The summed E-state index contributed by atoms with van der Waals surface area (Å²) in [4.78, 5) is 11.7. The van der Waals surface area contributed by atoms with Gasteiger partial charge in [-0.2, -0.15) is 0 Å². The van der Waals surface area contributed by atoms with Crippen molar-refractivity contribution < 1.29 is 23.8 Å². The van der Waals surface area contributed by atoms with Crippen LogP contribution in [0.15, 0.2) is 30.3 Å². The van der Waals surface area contributed by atoms with Crippen LogP contribution in [0.3, 0.4) is 0 Å². The van der Waals surface area contributed by atoms with Gasteiger partial charge in [0.15, 0.2) is 17.3 Å². The van der Waals surface area contributed by atoms with Crippen LogP contribution in [0.4, 0.5) is 4.39 Å². The normalized spacial score (nSPS) is 10.9. The third-order valence-electron chi connectivity index (χ3n) is 3.13. The zero-order valence-electron chi connectivity index (χ0n) is 12.4. The van der Waals surface area contributed by atoms with Gasteiger partial charge in [-0.3, -0.25) is 4.79 Å². The van der Waals surface area contributed by atoms with Crippen LogP contribution >= 0.6 is 8.58 Å². The van der Waals surface area contributed by atoms with Gasteiger partial charge in [0.25, 0.3) is 0 Å². The number of phenols is 1. The highest BCUT2D eigenvalue weighted by atomic mass is 31.1. The molecule has 22 heavy (non-hydrogen) atoms. The van der Waals surface area contributed by atoms with Gasteiger partial charge in [-0.25, -0.2) is 4.39 Å². The number of carbonyl (C=O) groups excluding carboxylic acids is 1. The molecule has 0 aliphatic carbocycles. The Morgan fingerprint density at radius 1 is 1.14 bits per heavy atom. The first-order chi connectivity index (χ1) is 10.5. The fourth-order valence-corrected chi connectivity index (χ4v) is 3.31. The lowest BCUT2D eigenvalue weighted by Gasteiger charge is -2.13. The lowest BCUT2D eigenvalue weighted by Crippen LogP contribution is -2.13. The highest BCUT2D eigenvalue weighted by Gasteiger charge is 2.15. The number of methoxy groups -OCH3 is 2. The Labute approximate surface area is 129 Å². The van der Waals surface area contributed by atoms with Gasteiger partial charge in [0.1, 0.15) is 11.6 Å². The summed E-state index contributed by atoms with van der Waals surface area (Å²) in [5.41, 5.74) is 0.305. The number of rotatable bonds is 5. The number of ketones is 1. The van der Waals surface area contributed by atoms with E-state index < -0.39 is 5.82 Å². The molecule has 4 nitrogen and oxygen atoms in total. The van der Waals surface area contributed by atoms with Crippen molar-refractivity contribution in [2.75, 3.05) is 14.2 Å². The monoisotopic (exact) mass is 322 g/mol. The third-order valence-corrected chi connectivity index (χ3v) is 4.49. The predicted molar refractivity (Wildman–Crippen MR) is 85.2 cm³/mol. The predicted octanol–water partition coefficient (Wildman–Crippen LogP) is 2.38. The summed E-state index contributed by atoms with van der Waals surface area (Å²) in [7, 11) is 2.92. The van der Waals surface area contributed by atoms with Crippen LogP contribution in [-0.4, -0.2) is 25.1 Å². The zero-order chi connectivity index (χ0) is 16.3. The Morgan fingerprint density at radius 3 is 2.45 bits per heavy atom. The average molecular weight is 322 g/mol. The largest absolute Gasteiger partial charge is 0.504 e. The maximum Gasteiger partial charge on any atom is 0.165 e. The number of ether oxygens (including phenoxy) is 2. The van der Waals surface area contributed by atoms with Crippen molar-refractivity contribution in [3.63, 3.8) is 0 Å². The maximum absolute atomic E-state index is 13.3. The van der Waals surface area contributed by atoms with E-state index in [1.165, 1.54) is 33.3 Å². The quantitative estimate of drug-likeness (QED) is 0.678. The van der Waals surface area contributed by atoms with Crippen molar-refractivity contribution in [3.8, 4) is 17.2 Å². The number of hydrogen-bond acceptors (Lipinski definition) is 4. The second-order valence-corrected chi connectivity index (χ2v) is 5.92. The Bertz CT molecular complexity index is 716. The molecule has 2 aromatic rings. The molecule has 2 aromatic carbocycles. The summed E-state index contributed by atoms with van der Waals surface area (Å²) in [6.45, 7) is 1.38. The van der Waals surface area contributed by atoms with Crippen molar-refractivity contribution in [2.45, 2.75) is 6.92 Å². The van der Waals surface area contributed by atoms with Crippen LogP contribution in [0.5, 0.6) is 17.2 Å². The van der Waals surface area contributed by atoms with Gasteiger partial charge in [-0.15, -0.1) is 0 Å². The number of carbonyl (C=O) groups is 1. The summed E-state index contributed by atoms with van der Waals surface area (Å²) in [5.74, 6) is 0.111. The molecule has 0 saturated heterocycles. The van der Waals surface area contributed by atoms with E-state index in [0.29, 0.717) is 21.9 Å². The summed E-state index contributed by atoms with van der Waals surface area (Å²) in [6, 6.07) is 7.29. The van der Waals surface area contributed by atoms with E-state index in [1.54, 1.807) is 18.2 Å². The minimum atomic E-state index is -0.466. The Balaban J connectivity index is 2.49. The number of aromatic hydroxyl groups is 1. The average Bonchev–Trinajstić information content (AvgIpc) is 2.50. The van der Waals surface area contributed by atoms with Crippen LogP contribution in [0.25, 0.3) is 0 Å². The van der Waals surface area contributed by atoms with Gasteiger partial charge in [-0.05, 0) is 30.4 Å². The van der Waals surface area contributed by atoms with E-state index in [0.717, 1.165) is 0 Å². The van der Waals surface area contributed by atoms with E-state index >= 15 is 0 Å². The molecule has 116 valence electrons. The first kappa shape index (κ1) is 16.2. The smallest absolute Gasteiger partial charge is 0.165 e. The molecule has 0 radical (unpaired) electrons. The molecule has 0 aliphatic heterocycles. The molecule has 1 atom stereocenters. The number of hydrogen-bond donors (Lipinski definition) is 1. The van der Waals surface area contributed by atoms with Crippen molar-refractivity contribution in [3.05, 3.63) is 41.7 Å². The Hall–Kier alpha value is -2.13. The summed E-state index contributed by atoms with van der Waals surface area (Å²) >= 11 is 0. The van der Waals surface area contributed by atoms with Gasteiger partial charge in [-0.1, -0.05) is 14.6 Å². The number of benzene rings is 2. The molecule has 0 spiro atoms. The Kier molecular flexibility index (Phi) is 4.99. The SMILES string of the molecule is COc1cc(OC)c(O)c(Pc2ccc(F)cc2C(C)=O)c1. The van der Waals surface area contributed by atoms with Crippen LogP contribution in [0.2, 0.25) is 0 Å². The molecule has 1 unspecified atom stereocenters. The molecular weight excluding hydrogens is 306 g/mol. The molecule has 0 heterocycles. The molecule has 6 heteroatoms. The van der Waals surface area contributed by atoms with Crippen LogP contribution < -0.4 is 20.1 Å². The number of Topliss-reactive ketones (excluding diaryl/α,β-unsaturated/α-hetero) is 1. The standard InChI is InChI=1S/C16H16FO4P/c1-9(18)12-6-10(17)4-5-14(12)22-15-8-11(20-2)7-13(21-3)16(15)19/h4-8,19,22H,1-3H3. The molecule has 0 aromatic heterocycles. The number of halogens is 1. The van der Waals surface area contributed by atoms with Gasteiger partial charge < -0.3 is 14.6 Å². The van der Waals surface area contributed by atoms with Crippen LogP contribution in [0, 0.1) is 5.82 Å². The third kappa shape index (κ3) is 3.37. The molecule has 1 N–H and O–H groups in total. The maximum atomic E-state index is 13.3. The zero-order valence-corrected chi connectivity index (χ0v) is 13.4. The van der Waals surface area contributed by atoms with Crippen molar-refractivity contribution >= 4 is 25.0 Å². The number of phenolic OH excluding ortho intramolecular Hbond substituents is 1. The fraction of sp³-hybridized carbons (Fsp3) is 0.188. The van der Waals surface area contributed by atoms with E-state index in [9.17, 15) is 14.3 Å². The fourth-order valence-electron chi connectivity index (χ4n) is 2.01. The first-order valence-corrected chi connectivity index (χ1v) is 7.48. The molecule has 0 aliphatic rings. The van der Waals surface area contributed by atoms with Crippen LogP contribution in [0.1, 0.15) is 17.3 Å². The minimum absolute atomic E-state index is 0.0135. The Morgan fingerprint density at radius 2 is 1.86 bits per heavy atom. The van der Waals surface area contributed by atoms with E-state index in [1.807, 2.05) is 0 Å². The highest BCUT2D eigenvalue weighted by Crippen LogP contribution is 2.33. The van der Waals surface area contributed by atoms with E-state index in [-0.39, 0.29) is 25.9 Å². The molecule has 0 saturated carbocycles. The molecule has 0 amide bonds. The molecule has 2 rings (SSSR count). The van der Waals surface area contributed by atoms with Crippen molar-refractivity contribution in [1.82, 2.24) is 0 Å². The van der Waals surface area contributed by atoms with E-state index in [4.69, 9.17) is 9.47 Å². The van der Waals surface area contributed by atoms with Gasteiger partial charge in [0.05, 0.1) is 14.2 Å². The van der Waals surface area contributed by atoms with E-state index in [2.05, 4.69) is 0 Å². The summed E-state index contributed by atoms with van der Waals surface area (Å²) in [6.07, 6.45) is 0. The molecule has 0 fully saturated rings. The first-order valence-electron chi connectivity index (χ1n) is 6.48. The van der Waals surface area contributed by atoms with Gasteiger partial charge in [0.2, 0.25) is 0 Å². The van der Waals surface area contributed by atoms with Crippen molar-refractivity contribution in [1.29, 1.82) is 0 Å². The van der Waals surface area contributed by atoms with Gasteiger partial charge in [0, 0.05) is 16.9 Å². The van der Waals surface area contributed by atoms with Crippen LogP contribution in [-0.2, 0) is 0 Å². The van der Waals surface area contributed by atoms with Gasteiger partial charge >= 0.3 is 0 Å². The second-order valence-electron chi connectivity index (χ2n) is 4.60. The van der Waals surface area contributed by atoms with Crippen molar-refractivity contribution in [2.24, 2.45) is 0 Å². The second kappa shape index (κ2) is 6.75. The molecular formula is C16H16FO4P. The topological polar surface area (TPSA) is 55.8 Å².